The Bertz CT molecular complexity index is 443. The van der Waals surface area contributed by atoms with E-state index in [0.29, 0.717) is 6.42 Å². The van der Waals surface area contributed by atoms with Crippen LogP contribution in [0.1, 0.15) is 23.0 Å². The summed E-state index contributed by atoms with van der Waals surface area (Å²) in [5.41, 5.74) is 2.03. The molecule has 2 aromatic rings. The zero-order chi connectivity index (χ0) is 11.5. The Morgan fingerprint density at radius 3 is 2.81 bits per heavy atom. The van der Waals surface area contributed by atoms with Gasteiger partial charge < -0.3 is 9.52 Å². The summed E-state index contributed by atoms with van der Waals surface area (Å²) in [6.07, 6.45) is 1.60. The first kappa shape index (κ1) is 11.4. The predicted octanol–water partition coefficient (Wildman–Crippen LogP) is 3.63. The maximum Gasteiger partial charge on any atom is 0.106 e. The van der Waals surface area contributed by atoms with Gasteiger partial charge in [-0.2, -0.15) is 0 Å². The minimum atomic E-state index is -0.526. The van der Waals surface area contributed by atoms with Gasteiger partial charge in [0.2, 0.25) is 0 Å². The van der Waals surface area contributed by atoms with Gasteiger partial charge in [-0.05, 0) is 42.3 Å². The Kier molecular flexibility index (Phi) is 3.46. The fourth-order valence-electron chi connectivity index (χ4n) is 1.69. The summed E-state index contributed by atoms with van der Waals surface area (Å²) in [6.45, 7) is 2.01. The van der Waals surface area contributed by atoms with Gasteiger partial charge in [0.25, 0.3) is 0 Å². The van der Waals surface area contributed by atoms with Crippen LogP contribution in [0.2, 0.25) is 0 Å². The van der Waals surface area contributed by atoms with Crippen molar-refractivity contribution in [2.24, 2.45) is 0 Å². The Balaban J connectivity index is 2.17. The molecule has 0 radical (unpaired) electrons. The summed E-state index contributed by atoms with van der Waals surface area (Å²) >= 11 is 3.42. The maximum absolute atomic E-state index is 10.1. The van der Waals surface area contributed by atoms with Gasteiger partial charge in [-0.25, -0.2) is 0 Å². The molecule has 1 unspecified atom stereocenters. The monoisotopic (exact) mass is 280 g/mol. The van der Waals surface area contributed by atoms with Crippen molar-refractivity contribution >= 4 is 15.9 Å². The van der Waals surface area contributed by atoms with Gasteiger partial charge in [0, 0.05) is 10.9 Å². The van der Waals surface area contributed by atoms with Crippen molar-refractivity contribution in [2.75, 3.05) is 0 Å². The summed E-state index contributed by atoms with van der Waals surface area (Å²) in [4.78, 5) is 0. The number of hydrogen-bond donors (Lipinski definition) is 1. The van der Waals surface area contributed by atoms with Gasteiger partial charge in [0.05, 0.1) is 12.4 Å². The van der Waals surface area contributed by atoms with E-state index >= 15 is 0 Å². The van der Waals surface area contributed by atoms with Crippen LogP contribution in [0.3, 0.4) is 0 Å². The van der Waals surface area contributed by atoms with E-state index in [2.05, 4.69) is 15.9 Å². The smallest absolute Gasteiger partial charge is 0.106 e. The van der Waals surface area contributed by atoms with Crippen molar-refractivity contribution in [3.05, 3.63) is 58.0 Å². The fourth-order valence-corrected chi connectivity index (χ4v) is 2.32. The standard InChI is InChI=1S/C13H13BrO2/c1-9-5-10(7-11(14)6-9)13(15)8-12-3-2-4-16-12/h2-7,13,15H,8H2,1H3. The van der Waals surface area contributed by atoms with E-state index in [9.17, 15) is 5.11 Å². The number of furan rings is 1. The summed E-state index contributed by atoms with van der Waals surface area (Å²) in [5, 5.41) is 10.1. The maximum atomic E-state index is 10.1. The zero-order valence-corrected chi connectivity index (χ0v) is 10.6. The predicted molar refractivity (Wildman–Crippen MR) is 66.3 cm³/mol. The lowest BCUT2D eigenvalue weighted by Gasteiger charge is -2.10. The molecule has 0 saturated carbocycles. The average Bonchev–Trinajstić information content (AvgIpc) is 2.68. The van der Waals surface area contributed by atoms with E-state index in [0.717, 1.165) is 21.4 Å². The molecule has 2 nitrogen and oxygen atoms in total. The van der Waals surface area contributed by atoms with Crippen molar-refractivity contribution in [2.45, 2.75) is 19.4 Å². The highest BCUT2D eigenvalue weighted by molar-refractivity contribution is 9.10. The van der Waals surface area contributed by atoms with E-state index in [1.807, 2.05) is 37.3 Å². The van der Waals surface area contributed by atoms with Crippen molar-refractivity contribution in [1.82, 2.24) is 0 Å². The third-order valence-corrected chi connectivity index (χ3v) is 2.88. The second kappa shape index (κ2) is 4.85. The minimum absolute atomic E-state index is 0.503. The lowest BCUT2D eigenvalue weighted by molar-refractivity contribution is 0.170. The Morgan fingerprint density at radius 1 is 1.38 bits per heavy atom. The second-order valence-electron chi connectivity index (χ2n) is 3.86. The molecule has 3 heteroatoms. The van der Waals surface area contributed by atoms with Crippen molar-refractivity contribution in [3.63, 3.8) is 0 Å². The van der Waals surface area contributed by atoms with Crippen molar-refractivity contribution in [3.8, 4) is 0 Å². The van der Waals surface area contributed by atoms with Gasteiger partial charge in [-0.15, -0.1) is 0 Å². The van der Waals surface area contributed by atoms with Crippen LogP contribution in [0, 0.1) is 6.92 Å². The van der Waals surface area contributed by atoms with Gasteiger partial charge in [0.15, 0.2) is 0 Å². The third kappa shape index (κ3) is 2.74. The van der Waals surface area contributed by atoms with E-state index in [1.165, 1.54) is 0 Å². The molecule has 0 bridgehead atoms. The first-order valence-electron chi connectivity index (χ1n) is 5.12. The number of halogens is 1. The average molecular weight is 281 g/mol. The SMILES string of the molecule is Cc1cc(Br)cc(C(O)Cc2ccco2)c1. The van der Waals surface area contributed by atoms with E-state index in [4.69, 9.17) is 4.42 Å². The van der Waals surface area contributed by atoms with E-state index < -0.39 is 6.10 Å². The quantitative estimate of drug-likeness (QED) is 0.932. The van der Waals surface area contributed by atoms with Crippen molar-refractivity contribution in [1.29, 1.82) is 0 Å². The van der Waals surface area contributed by atoms with Gasteiger partial charge in [0.1, 0.15) is 5.76 Å². The molecule has 16 heavy (non-hydrogen) atoms. The van der Waals surface area contributed by atoms with Crippen LogP contribution in [0.25, 0.3) is 0 Å². The molecule has 0 aliphatic rings. The topological polar surface area (TPSA) is 33.4 Å². The molecule has 1 heterocycles. The summed E-state index contributed by atoms with van der Waals surface area (Å²) in [5.74, 6) is 0.796. The molecule has 1 aromatic heterocycles. The van der Waals surface area contributed by atoms with Gasteiger partial charge in [-0.1, -0.05) is 22.0 Å². The normalized spacial score (nSPS) is 12.7. The molecular weight excluding hydrogens is 268 g/mol. The Labute approximate surface area is 103 Å². The fraction of sp³-hybridized carbons (Fsp3) is 0.231. The van der Waals surface area contributed by atoms with Crippen LogP contribution in [0.4, 0.5) is 0 Å². The highest BCUT2D eigenvalue weighted by Crippen LogP contribution is 2.23. The largest absolute Gasteiger partial charge is 0.469 e. The molecule has 1 aromatic carbocycles. The Morgan fingerprint density at radius 2 is 2.19 bits per heavy atom. The minimum Gasteiger partial charge on any atom is -0.469 e. The van der Waals surface area contributed by atoms with Crippen LogP contribution in [0.5, 0.6) is 0 Å². The first-order valence-corrected chi connectivity index (χ1v) is 5.92. The van der Waals surface area contributed by atoms with E-state index in [1.54, 1.807) is 6.26 Å². The summed E-state index contributed by atoms with van der Waals surface area (Å²) in [7, 11) is 0. The summed E-state index contributed by atoms with van der Waals surface area (Å²) in [6, 6.07) is 9.63. The molecule has 1 N–H and O–H groups in total. The molecule has 0 saturated heterocycles. The Hall–Kier alpha value is -1.06. The molecule has 0 aliphatic carbocycles. The second-order valence-corrected chi connectivity index (χ2v) is 4.78. The lowest BCUT2D eigenvalue weighted by Crippen LogP contribution is -2.01. The molecule has 2 rings (SSSR count). The van der Waals surface area contributed by atoms with Gasteiger partial charge in [-0.3, -0.25) is 0 Å². The van der Waals surface area contributed by atoms with Crippen LogP contribution >= 0.6 is 15.9 Å². The number of hydrogen-bond acceptors (Lipinski definition) is 2. The number of aryl methyl sites for hydroxylation is 1. The van der Waals surface area contributed by atoms with Crippen LogP contribution < -0.4 is 0 Å². The zero-order valence-electron chi connectivity index (χ0n) is 8.98. The van der Waals surface area contributed by atoms with E-state index in [-0.39, 0.29) is 0 Å². The molecule has 0 spiro atoms. The molecule has 0 aliphatic heterocycles. The number of benzene rings is 1. The highest BCUT2D eigenvalue weighted by Gasteiger charge is 2.11. The molecule has 1 atom stereocenters. The highest BCUT2D eigenvalue weighted by atomic mass is 79.9. The molecule has 0 amide bonds. The first-order chi connectivity index (χ1) is 7.65. The molecular formula is C13H13BrO2. The van der Waals surface area contributed by atoms with Crippen molar-refractivity contribution < 1.29 is 9.52 Å². The van der Waals surface area contributed by atoms with Gasteiger partial charge >= 0.3 is 0 Å². The third-order valence-electron chi connectivity index (χ3n) is 2.42. The van der Waals surface area contributed by atoms with Crippen LogP contribution in [0.15, 0.2) is 45.5 Å². The number of aliphatic hydroxyl groups excluding tert-OH is 1. The number of aliphatic hydroxyl groups is 1. The number of rotatable bonds is 3. The molecule has 0 fully saturated rings. The summed E-state index contributed by atoms with van der Waals surface area (Å²) < 4.78 is 6.20. The lowest BCUT2D eigenvalue weighted by atomic mass is 10.0. The van der Waals surface area contributed by atoms with Crippen LogP contribution in [-0.2, 0) is 6.42 Å². The molecule has 84 valence electrons. The van der Waals surface area contributed by atoms with Crippen LogP contribution in [-0.4, -0.2) is 5.11 Å².